The lowest BCUT2D eigenvalue weighted by Gasteiger charge is -2.16. The van der Waals surface area contributed by atoms with Crippen molar-refractivity contribution in [2.45, 2.75) is 84.5 Å². The Balaban J connectivity index is 1.28. The molecule has 13 heteroatoms. The first-order valence-corrected chi connectivity index (χ1v) is 25.2. The highest BCUT2D eigenvalue weighted by molar-refractivity contribution is 8.06. The van der Waals surface area contributed by atoms with Crippen LogP contribution in [0.25, 0.3) is 0 Å². The number of ether oxygens (including phenoxy) is 6. The minimum Gasteiger partial charge on any atom is -0.494 e. The third-order valence-corrected chi connectivity index (χ3v) is 12.0. The molecule has 0 fully saturated rings. The number of hydrogen-bond acceptors (Lipinski definition) is 13. The van der Waals surface area contributed by atoms with Crippen LogP contribution in [-0.2, 0) is 19.1 Å². The van der Waals surface area contributed by atoms with Crippen LogP contribution >= 0.6 is 11.8 Å². The quantitative estimate of drug-likeness (QED) is 0.0129. The molecule has 12 nitrogen and oxygen atoms in total. The molecule has 0 bridgehead atoms. The summed E-state index contributed by atoms with van der Waals surface area (Å²) in [6.45, 7) is 12.6. The molecule has 2 aliphatic rings. The Morgan fingerprint density at radius 3 is 1.90 bits per heavy atom. The van der Waals surface area contributed by atoms with Crippen LogP contribution in [0.15, 0.2) is 166 Å². The first kappa shape index (κ1) is 55.9. The zero-order chi connectivity index (χ0) is 51.9. The van der Waals surface area contributed by atoms with Crippen molar-refractivity contribution in [1.82, 2.24) is 5.43 Å². The number of nitrogens with zero attached hydrogens (tertiary/aromatic N) is 1. The van der Waals surface area contributed by atoms with Gasteiger partial charge in [0.2, 0.25) is 0 Å². The van der Waals surface area contributed by atoms with Crippen molar-refractivity contribution in [3.63, 3.8) is 0 Å². The second kappa shape index (κ2) is 32.1. The fraction of sp³-hybridized carbons (Fsp3) is 0.283. The zero-order valence-electron chi connectivity index (χ0n) is 41.6. The Kier molecular flexibility index (Phi) is 24.6. The molecule has 0 aromatic heterocycles. The van der Waals surface area contributed by atoms with E-state index < -0.39 is 23.9 Å². The maximum atomic E-state index is 13.6. The number of thioether (sulfide) groups is 1. The van der Waals surface area contributed by atoms with Crippen LogP contribution in [0, 0.1) is 23.7 Å². The monoisotopic (exact) mass is 1000 g/mol. The first-order valence-electron chi connectivity index (χ1n) is 24.4. The normalized spacial score (nSPS) is 13.0. The average Bonchev–Trinajstić information content (AvgIpc) is 3.87. The van der Waals surface area contributed by atoms with Crippen molar-refractivity contribution in [1.29, 1.82) is 0 Å². The maximum absolute atomic E-state index is 13.6. The smallest absolute Gasteiger partial charge is 0.343 e. The third-order valence-electron chi connectivity index (χ3n) is 10.7. The zero-order valence-corrected chi connectivity index (χ0v) is 42.4. The van der Waals surface area contributed by atoms with Gasteiger partial charge in [0, 0.05) is 41.0 Å². The van der Waals surface area contributed by atoms with Crippen LogP contribution in [0.3, 0.4) is 0 Å². The topological polar surface area (TPSA) is 148 Å². The van der Waals surface area contributed by atoms with E-state index in [1.165, 1.54) is 18.0 Å². The molecule has 2 aliphatic carbocycles. The van der Waals surface area contributed by atoms with Gasteiger partial charge in [-0.25, -0.2) is 19.2 Å². The summed E-state index contributed by atoms with van der Waals surface area (Å²) >= 11 is 1.52. The number of allylic oxidation sites excluding steroid dienone is 10. The summed E-state index contributed by atoms with van der Waals surface area (Å²) in [5, 5.41) is 5.37. The van der Waals surface area contributed by atoms with Gasteiger partial charge in [-0.1, -0.05) is 85.9 Å². The van der Waals surface area contributed by atoms with Crippen LogP contribution in [0.5, 0.6) is 23.0 Å². The lowest BCUT2D eigenvalue weighted by Crippen LogP contribution is -2.12. The number of unbranched alkanes of at least 4 members (excludes halogenated alkanes) is 6. The molecule has 0 unspecified atom stereocenters. The summed E-state index contributed by atoms with van der Waals surface area (Å²) in [6.07, 6.45) is 26.5. The van der Waals surface area contributed by atoms with Crippen molar-refractivity contribution < 1.29 is 47.6 Å². The van der Waals surface area contributed by atoms with E-state index in [-0.39, 0.29) is 11.5 Å². The summed E-state index contributed by atoms with van der Waals surface area (Å²) in [5.41, 5.74) is 7.14. The molecule has 1 N–H and O–H groups in total. The van der Waals surface area contributed by atoms with Gasteiger partial charge in [-0.15, -0.1) is 0 Å². The average molecular weight is 1000 g/mol. The molecule has 0 aliphatic heterocycles. The molecule has 3 aromatic carbocycles. The SMILES string of the molecule is C=CC(=O)OCCCCCCOc1ccc(C(=O)Oc2ccc(OC(=O)c3ccc(OCCCCCCOC(=O)C=C)cc3)c(/C=N/N/C(=C\CC)S/C(C3=CC=CC#CC3)=C(\C)C3=CC=CCC#C3)c2)cc1. The molecule has 0 radical (unpaired) electrons. The number of esters is 4. The van der Waals surface area contributed by atoms with Gasteiger partial charge in [-0.2, -0.15) is 5.10 Å². The molecular formula is C60H62N2O10S. The minimum atomic E-state index is -0.614. The number of carbonyl (C=O) groups is 4. The highest BCUT2D eigenvalue weighted by Crippen LogP contribution is 2.37. The summed E-state index contributed by atoms with van der Waals surface area (Å²) in [4.78, 5) is 50.4. The summed E-state index contributed by atoms with van der Waals surface area (Å²) in [7, 11) is 0. The molecule has 0 heterocycles. The van der Waals surface area contributed by atoms with Crippen LogP contribution < -0.4 is 24.4 Å². The number of rotatable bonds is 30. The van der Waals surface area contributed by atoms with Gasteiger partial charge in [0.15, 0.2) is 0 Å². The van der Waals surface area contributed by atoms with Crippen molar-refractivity contribution in [3.8, 4) is 46.7 Å². The predicted molar refractivity (Wildman–Crippen MR) is 288 cm³/mol. The first-order chi connectivity index (χ1) is 35.7. The van der Waals surface area contributed by atoms with E-state index >= 15 is 0 Å². The largest absolute Gasteiger partial charge is 0.494 e. The number of nitrogens with one attached hydrogen (secondary N) is 1. The van der Waals surface area contributed by atoms with Gasteiger partial charge in [0.25, 0.3) is 0 Å². The fourth-order valence-electron chi connectivity index (χ4n) is 6.85. The van der Waals surface area contributed by atoms with Gasteiger partial charge in [-0.05, 0) is 155 Å². The Hall–Kier alpha value is -8.00. The summed E-state index contributed by atoms with van der Waals surface area (Å²) in [5.74, 6) is 12.3. The molecule has 3 aromatic rings. The van der Waals surface area contributed by atoms with Gasteiger partial charge >= 0.3 is 23.9 Å². The number of benzene rings is 3. The van der Waals surface area contributed by atoms with Crippen LogP contribution in [0.1, 0.15) is 111 Å². The fourth-order valence-corrected chi connectivity index (χ4v) is 7.95. The summed E-state index contributed by atoms with van der Waals surface area (Å²) in [6, 6.07) is 18.1. The maximum Gasteiger partial charge on any atom is 0.343 e. The molecule has 0 atom stereocenters. The molecule has 0 spiro atoms. The number of hydrogen-bond donors (Lipinski definition) is 1. The predicted octanol–water partition coefficient (Wildman–Crippen LogP) is 12.4. The Bertz CT molecular complexity index is 2750. The van der Waals surface area contributed by atoms with Crippen molar-refractivity contribution >= 4 is 41.9 Å². The van der Waals surface area contributed by atoms with Crippen LogP contribution in [0.4, 0.5) is 0 Å². The van der Waals surface area contributed by atoms with Gasteiger partial charge in [0.1, 0.15) is 23.0 Å². The number of carbonyl (C=O) groups excluding carboxylic acids is 4. The highest BCUT2D eigenvalue weighted by atomic mass is 32.2. The van der Waals surface area contributed by atoms with E-state index in [9.17, 15) is 19.2 Å². The molecule has 0 amide bonds. The van der Waals surface area contributed by atoms with E-state index in [2.05, 4.69) is 60.4 Å². The van der Waals surface area contributed by atoms with E-state index in [0.717, 1.165) is 90.2 Å². The molecule has 0 saturated carbocycles. The molecule has 73 heavy (non-hydrogen) atoms. The summed E-state index contributed by atoms with van der Waals surface area (Å²) < 4.78 is 33.6. The van der Waals surface area contributed by atoms with Gasteiger partial charge in [-0.3, -0.25) is 5.43 Å². The van der Waals surface area contributed by atoms with Crippen LogP contribution in [-0.4, -0.2) is 56.5 Å². The standard InChI is InChI=1S/C60H62N2O10S/c1-5-24-55(73-58(47-27-18-10-11-19-28-47)45(4)46-25-16-8-9-17-26-46)62-61-44-50-43-53(71-59(65)48-29-33-51(34-30-48)67-39-20-12-14-22-41-69-56(63)6-2)37-38-54(50)72-60(66)49-31-35-52(36-32-49)68-40-21-13-15-23-42-70-57(64)7-3/h6-8,10,16,18,24-25,27,29-38,43-44,62H,2-3,5,9,12-15,20-23,28,39-42H2,1,4H3/b55-24+,58-45+,61-44+. The molecule has 378 valence electrons. The van der Waals surface area contributed by atoms with Crippen molar-refractivity contribution in [2.24, 2.45) is 5.10 Å². The van der Waals surface area contributed by atoms with Gasteiger partial charge < -0.3 is 28.4 Å². The Labute approximate surface area is 433 Å². The lowest BCUT2D eigenvalue weighted by atomic mass is 10.0. The van der Waals surface area contributed by atoms with Crippen molar-refractivity contribution in [2.75, 3.05) is 26.4 Å². The second-order valence-corrected chi connectivity index (χ2v) is 17.3. The molecular weight excluding hydrogens is 941 g/mol. The number of hydrazone groups is 1. The lowest BCUT2D eigenvalue weighted by molar-refractivity contribution is -0.138. The van der Waals surface area contributed by atoms with Crippen molar-refractivity contribution in [3.05, 3.63) is 178 Å². The Morgan fingerprint density at radius 2 is 1.30 bits per heavy atom. The Morgan fingerprint density at radius 1 is 0.712 bits per heavy atom. The second-order valence-electron chi connectivity index (χ2n) is 16.3. The van der Waals surface area contributed by atoms with E-state index in [0.29, 0.717) is 73.9 Å². The van der Waals surface area contributed by atoms with Gasteiger partial charge in [0.05, 0.1) is 48.8 Å². The third kappa shape index (κ3) is 20.3. The highest BCUT2D eigenvalue weighted by Gasteiger charge is 2.18. The molecule has 0 saturated heterocycles. The molecule has 5 rings (SSSR count). The van der Waals surface area contributed by atoms with Crippen LogP contribution in [0.2, 0.25) is 0 Å². The minimum absolute atomic E-state index is 0.179. The van der Waals surface area contributed by atoms with E-state index in [1.807, 2.05) is 43.4 Å². The van der Waals surface area contributed by atoms with E-state index in [4.69, 9.17) is 28.4 Å². The van der Waals surface area contributed by atoms with E-state index in [1.54, 1.807) is 66.7 Å².